The summed E-state index contributed by atoms with van der Waals surface area (Å²) >= 11 is 0. The molecule has 1 atom stereocenters. The highest BCUT2D eigenvalue weighted by Crippen LogP contribution is 2.22. The van der Waals surface area contributed by atoms with Crippen LogP contribution in [0.5, 0.6) is 17.2 Å². The van der Waals surface area contributed by atoms with Crippen molar-refractivity contribution in [2.75, 3.05) is 20.8 Å². The summed E-state index contributed by atoms with van der Waals surface area (Å²) in [4.78, 5) is 12.4. The molecule has 128 valence electrons. The van der Waals surface area contributed by atoms with Crippen molar-refractivity contribution in [3.63, 3.8) is 0 Å². The molecular weight excluding hydrogens is 306 g/mol. The third-order valence-electron chi connectivity index (χ3n) is 3.57. The number of ether oxygens (including phenoxy) is 3. The van der Waals surface area contributed by atoms with Crippen molar-refractivity contribution in [2.45, 2.75) is 19.9 Å². The normalized spacial score (nSPS) is 11.5. The van der Waals surface area contributed by atoms with Crippen LogP contribution in [0.2, 0.25) is 0 Å². The molecule has 1 N–H and O–H groups in total. The van der Waals surface area contributed by atoms with E-state index < -0.39 is 0 Å². The van der Waals surface area contributed by atoms with Crippen LogP contribution >= 0.6 is 0 Å². The predicted octanol–water partition coefficient (Wildman–Crippen LogP) is 3.21. The summed E-state index contributed by atoms with van der Waals surface area (Å²) in [7, 11) is 3.10. The van der Waals surface area contributed by atoms with Gasteiger partial charge in [0.25, 0.3) is 5.91 Å². The largest absolute Gasteiger partial charge is 0.497 e. The molecule has 0 aliphatic heterocycles. The fourth-order valence-corrected chi connectivity index (χ4v) is 2.22. The Bertz CT molecular complexity index is 677. The lowest BCUT2D eigenvalue weighted by Crippen LogP contribution is -2.36. The van der Waals surface area contributed by atoms with Gasteiger partial charge in [0, 0.05) is 11.6 Å². The van der Waals surface area contributed by atoms with E-state index in [0.29, 0.717) is 23.7 Å². The van der Waals surface area contributed by atoms with Gasteiger partial charge in [-0.2, -0.15) is 0 Å². The molecule has 0 aliphatic carbocycles. The zero-order valence-electron chi connectivity index (χ0n) is 14.5. The van der Waals surface area contributed by atoms with Gasteiger partial charge in [-0.3, -0.25) is 4.79 Å². The molecule has 0 saturated heterocycles. The Kier molecular flexibility index (Phi) is 6.07. The van der Waals surface area contributed by atoms with Crippen LogP contribution in [0.4, 0.5) is 0 Å². The van der Waals surface area contributed by atoms with Crippen molar-refractivity contribution in [3.05, 3.63) is 53.6 Å². The van der Waals surface area contributed by atoms with E-state index >= 15 is 0 Å². The highest BCUT2D eigenvalue weighted by Gasteiger charge is 2.13. The average Bonchev–Trinajstić information content (AvgIpc) is 2.60. The molecule has 0 fully saturated rings. The quantitative estimate of drug-likeness (QED) is 0.847. The van der Waals surface area contributed by atoms with Gasteiger partial charge in [-0.1, -0.05) is 18.2 Å². The highest BCUT2D eigenvalue weighted by atomic mass is 16.5. The summed E-state index contributed by atoms with van der Waals surface area (Å²) in [5.74, 6) is 1.77. The number of hydrogen-bond donors (Lipinski definition) is 1. The Morgan fingerprint density at radius 3 is 2.29 bits per heavy atom. The monoisotopic (exact) mass is 329 g/mol. The van der Waals surface area contributed by atoms with Crippen molar-refractivity contribution in [1.29, 1.82) is 0 Å². The van der Waals surface area contributed by atoms with Crippen molar-refractivity contribution >= 4 is 5.91 Å². The van der Waals surface area contributed by atoms with E-state index in [9.17, 15) is 4.79 Å². The summed E-state index contributed by atoms with van der Waals surface area (Å²) in [5.41, 5.74) is 1.54. The smallest absolute Gasteiger partial charge is 0.251 e. The molecule has 0 aromatic heterocycles. The van der Waals surface area contributed by atoms with Crippen molar-refractivity contribution < 1.29 is 19.0 Å². The zero-order chi connectivity index (χ0) is 17.5. The van der Waals surface area contributed by atoms with Crippen molar-refractivity contribution in [2.24, 2.45) is 0 Å². The zero-order valence-corrected chi connectivity index (χ0v) is 14.5. The lowest BCUT2D eigenvalue weighted by molar-refractivity contribution is 0.0926. The molecule has 0 unspecified atom stereocenters. The first-order valence-electron chi connectivity index (χ1n) is 7.76. The standard InChI is InChI=1S/C19H23NO4/c1-13-7-5-6-8-18(13)24-12-14(2)20-19(21)15-9-16(22-3)11-17(10-15)23-4/h5-11,14H,12H2,1-4H3,(H,20,21)/t14-/m1/s1. The molecule has 2 rings (SSSR count). The molecule has 5 heteroatoms. The van der Waals surface area contributed by atoms with Crippen molar-refractivity contribution in [1.82, 2.24) is 5.32 Å². The Hall–Kier alpha value is -2.69. The molecule has 0 aliphatic rings. The molecular formula is C19H23NO4. The molecule has 2 aromatic rings. The first-order valence-corrected chi connectivity index (χ1v) is 7.76. The van der Waals surface area contributed by atoms with Gasteiger partial charge in [-0.25, -0.2) is 0 Å². The van der Waals surface area contributed by atoms with Crippen LogP contribution in [-0.2, 0) is 0 Å². The van der Waals surface area contributed by atoms with Gasteiger partial charge in [0.15, 0.2) is 0 Å². The van der Waals surface area contributed by atoms with E-state index in [1.54, 1.807) is 32.4 Å². The number of aryl methyl sites for hydroxylation is 1. The second-order valence-electron chi connectivity index (χ2n) is 5.55. The lowest BCUT2D eigenvalue weighted by atomic mass is 10.1. The predicted molar refractivity (Wildman–Crippen MR) is 93.1 cm³/mol. The minimum Gasteiger partial charge on any atom is -0.497 e. The summed E-state index contributed by atoms with van der Waals surface area (Å²) < 4.78 is 16.1. The van der Waals surface area contributed by atoms with E-state index in [0.717, 1.165) is 11.3 Å². The average molecular weight is 329 g/mol. The second-order valence-corrected chi connectivity index (χ2v) is 5.55. The van der Waals surface area contributed by atoms with Gasteiger partial charge in [0.05, 0.1) is 20.3 Å². The van der Waals surface area contributed by atoms with Crippen LogP contribution in [0.25, 0.3) is 0 Å². The summed E-state index contributed by atoms with van der Waals surface area (Å²) in [6, 6.07) is 12.7. The topological polar surface area (TPSA) is 56.8 Å². The molecule has 0 spiro atoms. The fraction of sp³-hybridized carbons (Fsp3) is 0.316. The molecule has 0 heterocycles. The first-order chi connectivity index (χ1) is 11.5. The van der Waals surface area contributed by atoms with E-state index in [2.05, 4.69) is 5.32 Å². The Labute approximate surface area is 142 Å². The fourth-order valence-electron chi connectivity index (χ4n) is 2.22. The van der Waals surface area contributed by atoms with Crippen LogP contribution < -0.4 is 19.5 Å². The van der Waals surface area contributed by atoms with Crippen LogP contribution in [0.15, 0.2) is 42.5 Å². The van der Waals surface area contributed by atoms with Crippen LogP contribution in [0.3, 0.4) is 0 Å². The third kappa shape index (κ3) is 4.65. The number of carbonyl (C=O) groups excluding carboxylic acids is 1. The third-order valence-corrected chi connectivity index (χ3v) is 3.57. The van der Waals surface area contributed by atoms with E-state index in [4.69, 9.17) is 14.2 Å². The maximum atomic E-state index is 12.4. The second kappa shape index (κ2) is 8.24. The Morgan fingerprint density at radius 2 is 1.71 bits per heavy atom. The molecule has 5 nitrogen and oxygen atoms in total. The minimum atomic E-state index is -0.201. The Balaban J connectivity index is 1.97. The van der Waals surface area contributed by atoms with Gasteiger partial charge >= 0.3 is 0 Å². The number of nitrogens with one attached hydrogen (secondary N) is 1. The molecule has 0 radical (unpaired) electrons. The van der Waals surface area contributed by atoms with Gasteiger partial charge in [-0.15, -0.1) is 0 Å². The number of hydrogen-bond acceptors (Lipinski definition) is 4. The van der Waals surface area contributed by atoms with Crippen LogP contribution in [0.1, 0.15) is 22.8 Å². The van der Waals surface area contributed by atoms with E-state index in [1.807, 2.05) is 38.1 Å². The minimum absolute atomic E-state index is 0.144. The maximum Gasteiger partial charge on any atom is 0.251 e. The highest BCUT2D eigenvalue weighted by molar-refractivity contribution is 5.95. The number of amides is 1. The molecule has 0 saturated carbocycles. The molecule has 24 heavy (non-hydrogen) atoms. The van der Waals surface area contributed by atoms with Gasteiger partial charge < -0.3 is 19.5 Å². The maximum absolute atomic E-state index is 12.4. The number of carbonyl (C=O) groups is 1. The van der Waals surface area contributed by atoms with Crippen molar-refractivity contribution in [3.8, 4) is 17.2 Å². The number of para-hydroxylation sites is 1. The van der Waals surface area contributed by atoms with Crippen LogP contribution in [0, 0.1) is 6.92 Å². The van der Waals surface area contributed by atoms with Gasteiger partial charge in [0.2, 0.25) is 0 Å². The summed E-state index contributed by atoms with van der Waals surface area (Å²) in [6.45, 7) is 4.27. The lowest BCUT2D eigenvalue weighted by Gasteiger charge is -2.16. The van der Waals surface area contributed by atoms with E-state index in [1.165, 1.54) is 0 Å². The number of benzene rings is 2. The van der Waals surface area contributed by atoms with E-state index in [-0.39, 0.29) is 11.9 Å². The van der Waals surface area contributed by atoms with Gasteiger partial charge in [0.1, 0.15) is 23.9 Å². The molecule has 1 amide bonds. The summed E-state index contributed by atoms with van der Waals surface area (Å²) in [6.07, 6.45) is 0. The Morgan fingerprint density at radius 1 is 1.08 bits per heavy atom. The number of methoxy groups -OCH3 is 2. The van der Waals surface area contributed by atoms with Gasteiger partial charge in [-0.05, 0) is 37.6 Å². The van der Waals surface area contributed by atoms with Crippen LogP contribution in [-0.4, -0.2) is 32.8 Å². The first kappa shape index (κ1) is 17.7. The number of rotatable bonds is 7. The molecule has 0 bridgehead atoms. The summed E-state index contributed by atoms with van der Waals surface area (Å²) in [5, 5.41) is 2.91. The SMILES string of the molecule is COc1cc(OC)cc(C(=O)N[C@H](C)COc2ccccc2C)c1. The molecule has 2 aromatic carbocycles.